The van der Waals surface area contributed by atoms with Gasteiger partial charge in [0.05, 0.1) is 12.0 Å². The van der Waals surface area contributed by atoms with E-state index >= 15 is 0 Å². The number of nitrogens with one attached hydrogen (secondary N) is 1. The molecule has 9 heteroatoms. The van der Waals surface area contributed by atoms with Gasteiger partial charge >= 0.3 is 21.5 Å². The van der Waals surface area contributed by atoms with Gasteiger partial charge in [0.15, 0.2) is 0 Å². The van der Waals surface area contributed by atoms with E-state index in [0.29, 0.717) is 12.3 Å². The Kier molecular flexibility index (Phi) is 5.78. The third-order valence-electron chi connectivity index (χ3n) is 5.79. The number of rotatable bonds is 7. The number of halogens is 3. The first-order valence-corrected chi connectivity index (χ1v) is 10.1. The number of esters is 1. The zero-order valence-corrected chi connectivity index (χ0v) is 15.5. The number of hydrogen-bond donors (Lipinski definition) is 1. The van der Waals surface area contributed by atoms with Crippen molar-refractivity contribution in [3.05, 3.63) is 0 Å². The predicted octanol–water partition coefficient (Wildman–Crippen LogP) is 3.07. The first-order chi connectivity index (χ1) is 11.4. The summed E-state index contributed by atoms with van der Waals surface area (Å²) in [5.41, 5.74) is -5.84. The van der Waals surface area contributed by atoms with Gasteiger partial charge in [-0.1, -0.05) is 6.92 Å². The first kappa shape index (κ1) is 20.5. The average molecular weight is 385 g/mol. The highest BCUT2D eigenvalue weighted by molar-refractivity contribution is 7.90. The van der Waals surface area contributed by atoms with Gasteiger partial charge in [0.2, 0.25) is 0 Å². The molecular formula is C16H26F3NO4S. The molecule has 5 nitrogen and oxygen atoms in total. The molecule has 0 heterocycles. The lowest BCUT2D eigenvalue weighted by Crippen LogP contribution is -2.41. The molecule has 2 saturated carbocycles. The lowest BCUT2D eigenvalue weighted by molar-refractivity contribution is -0.156. The van der Waals surface area contributed by atoms with Gasteiger partial charge in [0.1, 0.15) is 0 Å². The average Bonchev–Trinajstić information content (AvgIpc) is 3.09. The Balaban J connectivity index is 1.89. The van der Waals surface area contributed by atoms with Crippen LogP contribution in [-0.2, 0) is 19.6 Å². The molecule has 0 spiro atoms. The summed E-state index contributed by atoms with van der Waals surface area (Å²) < 4.78 is 66.7. The molecule has 2 aliphatic carbocycles. The van der Waals surface area contributed by atoms with Crippen LogP contribution in [0.5, 0.6) is 0 Å². The van der Waals surface area contributed by atoms with Crippen LogP contribution in [0.25, 0.3) is 0 Å². The second-order valence-electron chi connectivity index (χ2n) is 7.89. The monoisotopic (exact) mass is 385 g/mol. The maximum absolute atomic E-state index is 12.4. The van der Waals surface area contributed by atoms with Crippen molar-refractivity contribution < 1.29 is 31.1 Å². The Hall–Kier alpha value is -0.830. The lowest BCUT2D eigenvalue weighted by Gasteiger charge is -2.30. The Morgan fingerprint density at radius 1 is 1.16 bits per heavy atom. The van der Waals surface area contributed by atoms with Gasteiger partial charge in [0, 0.05) is 6.54 Å². The fourth-order valence-corrected chi connectivity index (χ4v) is 4.49. The van der Waals surface area contributed by atoms with E-state index in [0.717, 1.165) is 19.3 Å². The minimum absolute atomic E-state index is 0.0933. The number of hydrogen-bond acceptors (Lipinski definition) is 4. The maximum Gasteiger partial charge on any atom is 0.511 e. The molecule has 0 radical (unpaired) electrons. The van der Waals surface area contributed by atoms with Gasteiger partial charge in [0.25, 0.3) is 0 Å². The zero-order valence-electron chi connectivity index (χ0n) is 14.7. The van der Waals surface area contributed by atoms with Gasteiger partial charge < -0.3 is 4.74 Å². The Bertz CT molecular complexity index is 603. The van der Waals surface area contributed by atoms with Crippen LogP contribution in [0.2, 0.25) is 0 Å². The normalized spacial score (nSPS) is 29.8. The van der Waals surface area contributed by atoms with Crippen molar-refractivity contribution in [3.63, 3.8) is 0 Å². The van der Waals surface area contributed by atoms with E-state index in [1.807, 2.05) is 20.8 Å². The minimum atomic E-state index is -5.30. The van der Waals surface area contributed by atoms with Crippen LogP contribution in [0.1, 0.15) is 46.5 Å². The van der Waals surface area contributed by atoms with Crippen molar-refractivity contribution in [2.45, 2.75) is 52.0 Å². The highest BCUT2D eigenvalue weighted by Gasteiger charge is 2.49. The van der Waals surface area contributed by atoms with Gasteiger partial charge in [-0.15, -0.1) is 0 Å². The summed E-state index contributed by atoms with van der Waals surface area (Å²) in [5.74, 6) is 0.147. The zero-order chi connectivity index (χ0) is 19.0. The molecular weight excluding hydrogens is 359 g/mol. The summed E-state index contributed by atoms with van der Waals surface area (Å²) in [7, 11) is -5.30. The van der Waals surface area contributed by atoms with E-state index in [2.05, 4.69) is 0 Å². The van der Waals surface area contributed by atoms with Crippen molar-refractivity contribution in [2.75, 3.05) is 13.2 Å². The quantitative estimate of drug-likeness (QED) is 0.684. The highest BCUT2D eigenvalue weighted by atomic mass is 32.2. The summed E-state index contributed by atoms with van der Waals surface area (Å²) in [6, 6.07) is 0. The summed E-state index contributed by atoms with van der Waals surface area (Å²) in [6.07, 6.45) is 3.12. The van der Waals surface area contributed by atoms with Crippen LogP contribution in [0.15, 0.2) is 0 Å². The summed E-state index contributed by atoms with van der Waals surface area (Å²) in [4.78, 5) is 12.1. The van der Waals surface area contributed by atoms with Gasteiger partial charge in [-0.25, -0.2) is 13.1 Å². The fraction of sp³-hybridized carbons (Fsp3) is 0.938. The molecule has 0 aliphatic heterocycles. The van der Waals surface area contributed by atoms with E-state index in [1.165, 1.54) is 0 Å². The van der Waals surface area contributed by atoms with Gasteiger partial charge in [-0.2, -0.15) is 13.2 Å². The Morgan fingerprint density at radius 2 is 1.76 bits per heavy atom. The van der Waals surface area contributed by atoms with E-state index in [-0.39, 0.29) is 36.9 Å². The van der Waals surface area contributed by atoms with Crippen molar-refractivity contribution in [3.8, 4) is 0 Å². The SMILES string of the molecule is CCC(C)(C)C(=O)OCC1CC2CC(CNS(=O)(=O)C(F)(F)F)C1C2. The van der Waals surface area contributed by atoms with Crippen LogP contribution in [0.4, 0.5) is 13.2 Å². The van der Waals surface area contributed by atoms with Crippen LogP contribution < -0.4 is 4.72 Å². The number of carbonyl (C=O) groups excluding carboxylic acids is 1. The Morgan fingerprint density at radius 3 is 2.28 bits per heavy atom. The molecule has 25 heavy (non-hydrogen) atoms. The van der Waals surface area contributed by atoms with Crippen LogP contribution in [0.3, 0.4) is 0 Å². The summed E-state index contributed by atoms with van der Waals surface area (Å²) in [5, 5.41) is 0. The molecule has 2 bridgehead atoms. The minimum Gasteiger partial charge on any atom is -0.465 e. The molecule has 2 rings (SSSR count). The molecule has 0 aromatic rings. The number of fused-ring (bicyclic) bond motifs is 2. The Labute approximate surface area is 146 Å². The first-order valence-electron chi connectivity index (χ1n) is 8.60. The predicted molar refractivity (Wildman–Crippen MR) is 85.8 cm³/mol. The second-order valence-corrected chi connectivity index (χ2v) is 9.65. The van der Waals surface area contributed by atoms with Crippen molar-refractivity contribution in [1.82, 2.24) is 4.72 Å². The molecule has 146 valence electrons. The molecule has 0 aromatic carbocycles. The molecule has 0 amide bonds. The van der Waals surface area contributed by atoms with Crippen molar-refractivity contribution in [2.24, 2.45) is 29.1 Å². The van der Waals surface area contributed by atoms with Crippen LogP contribution in [0, 0.1) is 29.1 Å². The second kappa shape index (κ2) is 7.06. The standard InChI is InChI=1S/C16H26F3NO4S/c1-4-15(2,3)14(21)24-9-12-6-10-5-11(13(12)7-10)8-20-25(22,23)16(17,18)19/h10-13,20H,4-9H2,1-3H3. The topological polar surface area (TPSA) is 72.5 Å². The van der Waals surface area contributed by atoms with Gasteiger partial charge in [-0.3, -0.25) is 4.79 Å². The molecule has 0 aromatic heterocycles. The summed E-state index contributed by atoms with van der Waals surface area (Å²) in [6.45, 7) is 5.57. The fourth-order valence-electron chi connectivity index (χ4n) is 3.90. The van der Waals surface area contributed by atoms with Crippen LogP contribution >= 0.6 is 0 Å². The molecule has 4 atom stereocenters. The smallest absolute Gasteiger partial charge is 0.465 e. The lowest BCUT2D eigenvalue weighted by atomic mass is 9.81. The number of sulfonamides is 1. The van der Waals surface area contributed by atoms with E-state index in [1.54, 1.807) is 4.72 Å². The summed E-state index contributed by atoms with van der Waals surface area (Å²) >= 11 is 0. The van der Waals surface area contributed by atoms with Crippen molar-refractivity contribution in [1.29, 1.82) is 0 Å². The largest absolute Gasteiger partial charge is 0.511 e. The number of ether oxygens (including phenoxy) is 1. The third kappa shape index (κ3) is 4.48. The van der Waals surface area contributed by atoms with Crippen molar-refractivity contribution >= 4 is 16.0 Å². The molecule has 0 saturated heterocycles. The molecule has 1 N–H and O–H groups in total. The number of carbonyl (C=O) groups is 1. The van der Waals surface area contributed by atoms with Gasteiger partial charge in [-0.05, 0) is 63.2 Å². The highest BCUT2D eigenvalue weighted by Crippen LogP contribution is 2.52. The van der Waals surface area contributed by atoms with E-state index in [4.69, 9.17) is 4.74 Å². The third-order valence-corrected chi connectivity index (χ3v) is 6.95. The van der Waals surface area contributed by atoms with Crippen LogP contribution in [-0.4, -0.2) is 33.0 Å². The molecule has 2 fully saturated rings. The van der Waals surface area contributed by atoms with E-state index in [9.17, 15) is 26.4 Å². The maximum atomic E-state index is 12.4. The number of alkyl halides is 3. The molecule has 2 aliphatic rings. The molecule has 4 unspecified atom stereocenters. The van der Waals surface area contributed by atoms with E-state index < -0.39 is 20.9 Å².